The fourth-order valence-electron chi connectivity index (χ4n) is 2.31. The lowest BCUT2D eigenvalue weighted by Gasteiger charge is -2.03. The van der Waals surface area contributed by atoms with E-state index in [2.05, 4.69) is 15.3 Å². The molecule has 0 aliphatic heterocycles. The monoisotopic (exact) mass is 410 g/mol. The maximum absolute atomic E-state index is 12.7. The Balaban J connectivity index is 2.03. The third-order valence-corrected chi connectivity index (χ3v) is 4.57. The summed E-state index contributed by atoms with van der Waals surface area (Å²) in [5.74, 6) is 0.496. The summed E-state index contributed by atoms with van der Waals surface area (Å²) >= 11 is 17.9. The van der Waals surface area contributed by atoms with Crippen molar-refractivity contribution in [2.45, 2.75) is 6.92 Å². The number of hydrogen-bond acceptors (Lipinski definition) is 4. The van der Waals surface area contributed by atoms with Crippen LogP contribution in [0.1, 0.15) is 5.69 Å². The van der Waals surface area contributed by atoms with Crippen molar-refractivity contribution in [2.75, 3.05) is 7.11 Å². The zero-order valence-corrected chi connectivity index (χ0v) is 16.0. The summed E-state index contributed by atoms with van der Waals surface area (Å²) in [6.45, 7) is 1.72. The number of halogens is 3. The van der Waals surface area contributed by atoms with Gasteiger partial charge in [-0.05, 0) is 43.3 Å². The molecule has 0 saturated carbocycles. The first-order valence-corrected chi connectivity index (χ1v) is 8.56. The first-order valence-electron chi connectivity index (χ1n) is 7.43. The number of H-pyrrole nitrogens is 1. The number of aromatic amines is 1. The Hall–Kier alpha value is -2.28. The summed E-state index contributed by atoms with van der Waals surface area (Å²) < 4.78 is 6.54. The van der Waals surface area contributed by atoms with Gasteiger partial charge in [0, 0.05) is 5.02 Å². The van der Waals surface area contributed by atoms with E-state index in [0.29, 0.717) is 37.9 Å². The Kier molecular flexibility index (Phi) is 5.36. The molecule has 0 aliphatic rings. The lowest BCUT2D eigenvalue weighted by atomic mass is 10.3. The van der Waals surface area contributed by atoms with Gasteiger partial charge in [0.05, 0.1) is 28.5 Å². The Morgan fingerprint density at radius 1 is 1.04 bits per heavy atom. The number of aromatic nitrogens is 2. The van der Waals surface area contributed by atoms with Crippen molar-refractivity contribution in [1.29, 1.82) is 0 Å². The normalized spacial score (nSPS) is 11.3. The molecule has 9 heteroatoms. The van der Waals surface area contributed by atoms with Crippen molar-refractivity contribution >= 4 is 46.2 Å². The fraction of sp³-hybridized carbons (Fsp3) is 0.118. The third kappa shape index (κ3) is 3.62. The van der Waals surface area contributed by atoms with E-state index in [1.807, 2.05) is 0 Å². The topological polar surface area (TPSA) is 71.7 Å². The highest BCUT2D eigenvalue weighted by Crippen LogP contribution is 2.32. The molecule has 1 aromatic heterocycles. The summed E-state index contributed by atoms with van der Waals surface area (Å²) in [6, 6.07) is 9.82. The molecule has 0 saturated heterocycles. The van der Waals surface area contributed by atoms with Gasteiger partial charge in [-0.1, -0.05) is 34.8 Å². The van der Waals surface area contributed by atoms with Gasteiger partial charge in [-0.3, -0.25) is 9.89 Å². The molecule has 6 nitrogen and oxygen atoms in total. The van der Waals surface area contributed by atoms with Gasteiger partial charge in [0.2, 0.25) is 0 Å². The molecule has 1 N–H and O–H groups in total. The first-order chi connectivity index (χ1) is 12.4. The van der Waals surface area contributed by atoms with E-state index in [-0.39, 0.29) is 11.2 Å². The van der Waals surface area contributed by atoms with Crippen molar-refractivity contribution in [3.8, 4) is 11.4 Å². The Morgan fingerprint density at radius 3 is 2.50 bits per heavy atom. The molecule has 0 amide bonds. The van der Waals surface area contributed by atoms with E-state index in [9.17, 15) is 4.79 Å². The number of hydrogen-bond donors (Lipinski definition) is 1. The maximum atomic E-state index is 12.7. The van der Waals surface area contributed by atoms with E-state index in [1.54, 1.807) is 43.3 Å². The van der Waals surface area contributed by atoms with Crippen molar-refractivity contribution in [2.24, 2.45) is 10.2 Å². The number of azo groups is 1. The molecule has 0 aliphatic carbocycles. The van der Waals surface area contributed by atoms with Crippen LogP contribution in [0.25, 0.3) is 5.69 Å². The predicted molar refractivity (Wildman–Crippen MR) is 103 cm³/mol. The van der Waals surface area contributed by atoms with Crippen molar-refractivity contribution in [3.05, 3.63) is 67.5 Å². The molecule has 0 radical (unpaired) electrons. The Labute approximate surface area is 164 Å². The quantitative estimate of drug-likeness (QED) is 0.546. The van der Waals surface area contributed by atoms with Crippen LogP contribution in [0.2, 0.25) is 15.1 Å². The summed E-state index contributed by atoms with van der Waals surface area (Å²) in [5, 5.41) is 12.4. The number of nitrogens with one attached hydrogen (secondary N) is 1. The number of ether oxygens (including phenoxy) is 1. The van der Waals surface area contributed by atoms with E-state index >= 15 is 0 Å². The Morgan fingerprint density at radius 2 is 1.81 bits per heavy atom. The predicted octanol–water partition coefficient (Wildman–Crippen LogP) is 5.86. The SMILES string of the molecule is COc1ccc(Cl)cc1N=Nc1c(C)[nH]n(-c2ccc(Cl)c(Cl)c2)c1=O. The van der Waals surface area contributed by atoms with E-state index in [0.717, 1.165) is 0 Å². The molecule has 0 spiro atoms. The highest BCUT2D eigenvalue weighted by molar-refractivity contribution is 6.42. The zero-order chi connectivity index (χ0) is 18.8. The van der Waals surface area contributed by atoms with Crippen LogP contribution in [0.5, 0.6) is 5.75 Å². The second kappa shape index (κ2) is 7.53. The van der Waals surface area contributed by atoms with E-state index < -0.39 is 0 Å². The molecule has 134 valence electrons. The fourth-order valence-corrected chi connectivity index (χ4v) is 2.77. The van der Waals surface area contributed by atoms with Gasteiger partial charge >= 0.3 is 0 Å². The molecule has 3 rings (SSSR count). The third-order valence-electron chi connectivity index (χ3n) is 3.60. The standard InChI is InChI=1S/C17H13Cl3N4O2/c1-9-16(22-21-14-7-10(18)3-6-15(14)26-2)17(25)24(23-9)11-4-5-12(19)13(20)8-11/h3-8,23H,1-2H3. The average molecular weight is 412 g/mol. The van der Waals surface area contributed by atoms with Crippen LogP contribution in [0.4, 0.5) is 11.4 Å². The maximum Gasteiger partial charge on any atom is 0.299 e. The Bertz CT molecular complexity index is 1060. The summed E-state index contributed by atoms with van der Waals surface area (Å²) in [5.41, 5.74) is 1.30. The van der Waals surface area contributed by atoms with Gasteiger partial charge in [-0.25, -0.2) is 4.68 Å². The molecule has 0 fully saturated rings. The van der Waals surface area contributed by atoms with Gasteiger partial charge in [0.1, 0.15) is 11.4 Å². The minimum Gasteiger partial charge on any atom is -0.494 e. The van der Waals surface area contributed by atoms with E-state index in [4.69, 9.17) is 39.5 Å². The lowest BCUT2D eigenvalue weighted by Crippen LogP contribution is -2.13. The number of rotatable bonds is 4. The molecular formula is C17H13Cl3N4O2. The van der Waals surface area contributed by atoms with Crippen LogP contribution < -0.4 is 10.3 Å². The van der Waals surface area contributed by atoms with Gasteiger partial charge in [-0.2, -0.15) is 0 Å². The van der Waals surface area contributed by atoms with Gasteiger partial charge < -0.3 is 4.74 Å². The van der Waals surface area contributed by atoms with Crippen LogP contribution in [0.3, 0.4) is 0 Å². The van der Waals surface area contributed by atoms with E-state index in [1.165, 1.54) is 11.8 Å². The van der Waals surface area contributed by atoms with Crippen molar-refractivity contribution < 1.29 is 4.74 Å². The van der Waals surface area contributed by atoms with Gasteiger partial charge in [0.15, 0.2) is 5.69 Å². The molecule has 26 heavy (non-hydrogen) atoms. The van der Waals surface area contributed by atoms with Crippen molar-refractivity contribution in [3.63, 3.8) is 0 Å². The highest BCUT2D eigenvalue weighted by atomic mass is 35.5. The van der Waals surface area contributed by atoms with Crippen molar-refractivity contribution in [1.82, 2.24) is 9.78 Å². The molecule has 2 aromatic carbocycles. The minimum absolute atomic E-state index is 0.165. The second-order valence-electron chi connectivity index (χ2n) is 5.34. The van der Waals surface area contributed by atoms with Crippen LogP contribution in [0.15, 0.2) is 51.4 Å². The van der Waals surface area contributed by atoms with Crippen LogP contribution in [0, 0.1) is 6.92 Å². The average Bonchev–Trinajstić information content (AvgIpc) is 2.90. The smallest absolute Gasteiger partial charge is 0.299 e. The number of methoxy groups -OCH3 is 1. The highest BCUT2D eigenvalue weighted by Gasteiger charge is 2.13. The van der Waals surface area contributed by atoms with Gasteiger partial charge in [0.25, 0.3) is 5.56 Å². The molecule has 0 unspecified atom stereocenters. The number of nitrogens with zero attached hydrogens (tertiary/aromatic N) is 3. The molecular weight excluding hydrogens is 399 g/mol. The van der Waals surface area contributed by atoms with Gasteiger partial charge in [-0.15, -0.1) is 10.2 Å². The molecule has 1 heterocycles. The molecule has 0 bridgehead atoms. The second-order valence-corrected chi connectivity index (χ2v) is 6.59. The lowest BCUT2D eigenvalue weighted by molar-refractivity contribution is 0.416. The largest absolute Gasteiger partial charge is 0.494 e. The zero-order valence-electron chi connectivity index (χ0n) is 13.8. The summed E-state index contributed by atoms with van der Waals surface area (Å²) in [7, 11) is 1.51. The van der Waals surface area contributed by atoms with Crippen LogP contribution in [-0.4, -0.2) is 16.9 Å². The number of aryl methyl sites for hydroxylation is 1. The summed E-state index contributed by atoms with van der Waals surface area (Å²) in [6.07, 6.45) is 0. The molecule has 3 aromatic rings. The summed E-state index contributed by atoms with van der Waals surface area (Å²) in [4.78, 5) is 12.7. The number of benzene rings is 2. The van der Waals surface area contributed by atoms with Crippen LogP contribution in [-0.2, 0) is 0 Å². The molecule has 0 atom stereocenters. The first kappa shape index (κ1) is 18.5. The van der Waals surface area contributed by atoms with Crippen LogP contribution >= 0.6 is 34.8 Å². The minimum atomic E-state index is -0.370.